The van der Waals surface area contributed by atoms with Gasteiger partial charge >= 0.3 is 5.97 Å². The second-order valence-electron chi connectivity index (χ2n) is 22.1. The molecule has 0 aliphatic carbocycles. The number of aliphatic hydroxyl groups excluding tert-OH is 2. The predicted molar refractivity (Wildman–Crippen MR) is 345 cm³/mol. The number of aromatic carboxylic acids is 1. The Bertz CT molecular complexity index is 3560. The number of nitrogens with two attached hydrogens (primary N) is 1. The quantitative estimate of drug-likeness (QED) is 0.0363. The van der Waals surface area contributed by atoms with Crippen LogP contribution in [0.5, 0.6) is 34.5 Å². The molecule has 22 nitrogen and oxygen atoms in total. The van der Waals surface area contributed by atoms with Crippen molar-refractivity contribution < 1.29 is 53.3 Å². The number of nitrogens with zero attached hydrogens (tertiary/aromatic N) is 10. The number of carbonyl (C=O) groups is 2. The summed E-state index contributed by atoms with van der Waals surface area (Å²) in [7, 11) is 0. The number of nitrogen functional groups attached to an aromatic ring is 1. The lowest BCUT2D eigenvalue weighted by atomic mass is 10.1. The van der Waals surface area contributed by atoms with E-state index in [1.165, 1.54) is 38.5 Å². The van der Waals surface area contributed by atoms with E-state index in [1.807, 2.05) is 42.5 Å². The maximum absolute atomic E-state index is 13.0. The van der Waals surface area contributed by atoms with Crippen LogP contribution in [0.4, 0.5) is 17.2 Å². The molecule has 0 atom stereocenters. The van der Waals surface area contributed by atoms with Crippen molar-refractivity contribution >= 4 is 50.8 Å². The van der Waals surface area contributed by atoms with Gasteiger partial charge in [-0.05, 0) is 124 Å². The van der Waals surface area contributed by atoms with Gasteiger partial charge in [-0.15, -0.1) is 0 Å². The van der Waals surface area contributed by atoms with Gasteiger partial charge in [0, 0.05) is 141 Å². The van der Waals surface area contributed by atoms with Gasteiger partial charge in [-0.1, -0.05) is 7.43 Å². The van der Waals surface area contributed by atoms with Gasteiger partial charge in [0.2, 0.25) is 0 Å². The standard InChI is InChI=1S/C34H39N5O5.C22H26N4O4.C11H14N2O2.CH4/c40-24-25-19-29-30(22-34(25)43-16-4-11-38-14-17-42-18-15-38)35-10-8-33(29)44-28-6-5-26(37-23-28)20-32(41)31-21-27(7-9-36-31)39-12-2-1-3-13-39;23-22-3-2-17(14-25-22)30-20-4-5-24-19-13-21(16(15-27)12-18(19)20)29-9-1-6-26-7-10-28-11-8-26;14-11(15)10-8-9(4-5-12-10)13-6-2-1-3-7-13;/h5-10,19,21-23,40H,1-4,11-18,20,24H2;2-5,12-14,27H,1,6-11,15H2,(H2,23,25);4-5,8H,1-3,6-7H2,(H,14,15);1H4. The van der Waals surface area contributed by atoms with Gasteiger partial charge in [0.15, 0.2) is 5.78 Å². The second kappa shape index (κ2) is 33.8. The van der Waals surface area contributed by atoms with E-state index in [1.54, 1.807) is 79.6 Å². The van der Waals surface area contributed by atoms with Crippen molar-refractivity contribution in [2.45, 2.75) is 78.4 Å². The molecule has 5 N–H and O–H groups in total. The summed E-state index contributed by atoms with van der Waals surface area (Å²) in [4.78, 5) is 58.7. The van der Waals surface area contributed by atoms with Crippen LogP contribution in [0.1, 0.15) is 96.6 Å². The molecule has 0 saturated carbocycles. The number of carboxylic acids is 1. The zero-order valence-electron chi connectivity index (χ0n) is 50.3. The first-order chi connectivity index (χ1) is 43.7. The maximum Gasteiger partial charge on any atom is 0.354 e. The van der Waals surface area contributed by atoms with Crippen molar-refractivity contribution in [2.75, 3.05) is 121 Å². The summed E-state index contributed by atoms with van der Waals surface area (Å²) in [5.41, 5.74) is 11.7. The minimum Gasteiger partial charge on any atom is -0.493 e. The van der Waals surface area contributed by atoms with Gasteiger partial charge in [0.25, 0.3) is 0 Å². The number of carboxylic acid groups (broad SMARTS) is 1. The molecule has 4 aliphatic heterocycles. The molecule has 0 bridgehead atoms. The molecule has 476 valence electrons. The first-order valence-corrected chi connectivity index (χ1v) is 30.8. The van der Waals surface area contributed by atoms with Crippen LogP contribution in [-0.4, -0.2) is 172 Å². The molecule has 2 aromatic carbocycles. The Morgan fingerprint density at radius 1 is 0.511 bits per heavy atom. The average Bonchev–Trinajstić information content (AvgIpc) is 1.23. The maximum atomic E-state index is 13.0. The van der Waals surface area contributed by atoms with Crippen LogP contribution in [0, 0.1) is 0 Å². The van der Waals surface area contributed by atoms with Crippen molar-refractivity contribution in [3.63, 3.8) is 0 Å². The zero-order valence-corrected chi connectivity index (χ0v) is 50.3. The minimum atomic E-state index is -0.964. The van der Waals surface area contributed by atoms with E-state index >= 15 is 0 Å². The summed E-state index contributed by atoms with van der Waals surface area (Å²) in [5, 5.41) is 30.3. The Morgan fingerprint density at radius 2 is 0.978 bits per heavy atom. The summed E-state index contributed by atoms with van der Waals surface area (Å²) >= 11 is 0. The van der Waals surface area contributed by atoms with Gasteiger partial charge in [-0.3, -0.25) is 34.5 Å². The van der Waals surface area contributed by atoms with Crippen molar-refractivity contribution in [3.05, 3.63) is 150 Å². The fourth-order valence-corrected chi connectivity index (χ4v) is 11.0. The third kappa shape index (κ3) is 18.7. The van der Waals surface area contributed by atoms with Crippen LogP contribution < -0.4 is 34.5 Å². The van der Waals surface area contributed by atoms with Gasteiger partial charge in [-0.25, -0.2) is 14.8 Å². The van der Waals surface area contributed by atoms with Crippen LogP contribution in [0.15, 0.2) is 122 Å². The third-order valence-corrected chi connectivity index (χ3v) is 15.9. The predicted octanol–water partition coefficient (Wildman–Crippen LogP) is 9.83. The number of aromatic nitrogens is 6. The molecular formula is C68H83N11O11. The number of pyridine rings is 6. The first kappa shape index (κ1) is 65.8. The molecule has 22 heteroatoms. The summed E-state index contributed by atoms with van der Waals surface area (Å²) in [5.74, 6) is 2.99. The van der Waals surface area contributed by atoms with E-state index in [2.05, 4.69) is 49.5 Å². The summed E-state index contributed by atoms with van der Waals surface area (Å²) in [6.07, 6.45) is 19.0. The highest BCUT2D eigenvalue weighted by molar-refractivity contribution is 5.96. The van der Waals surface area contributed by atoms with E-state index in [-0.39, 0.29) is 38.5 Å². The fourth-order valence-electron chi connectivity index (χ4n) is 11.0. The van der Waals surface area contributed by atoms with Gasteiger partial charge in [0.1, 0.15) is 51.7 Å². The normalized spacial score (nSPS) is 15.4. The van der Waals surface area contributed by atoms with Crippen molar-refractivity contribution in [1.82, 2.24) is 39.7 Å². The van der Waals surface area contributed by atoms with E-state index in [0.29, 0.717) is 81.6 Å². The number of rotatable bonds is 22. The third-order valence-electron chi connectivity index (χ3n) is 15.9. The number of anilines is 3. The smallest absolute Gasteiger partial charge is 0.354 e. The monoisotopic (exact) mass is 1230 g/mol. The molecule has 10 heterocycles. The number of ether oxygens (including phenoxy) is 6. The number of Topliss-reactive ketones (excluding diaryl/α,β-unsaturated/α-hetero) is 1. The van der Waals surface area contributed by atoms with Crippen molar-refractivity contribution in [2.24, 2.45) is 0 Å². The van der Waals surface area contributed by atoms with Crippen LogP contribution >= 0.6 is 0 Å². The molecule has 12 rings (SSSR count). The van der Waals surface area contributed by atoms with E-state index < -0.39 is 5.97 Å². The Balaban J connectivity index is 0.000000179. The molecule has 0 spiro atoms. The highest BCUT2D eigenvalue weighted by Crippen LogP contribution is 2.36. The number of benzene rings is 2. The van der Waals surface area contributed by atoms with E-state index in [0.717, 1.165) is 132 Å². The molecule has 90 heavy (non-hydrogen) atoms. The van der Waals surface area contributed by atoms with E-state index in [9.17, 15) is 19.8 Å². The summed E-state index contributed by atoms with van der Waals surface area (Å²) < 4.78 is 35.0. The highest BCUT2D eigenvalue weighted by Gasteiger charge is 2.19. The van der Waals surface area contributed by atoms with E-state index in [4.69, 9.17) is 39.3 Å². The minimum absolute atomic E-state index is 0. The molecule has 6 aromatic heterocycles. The number of fused-ring (bicyclic) bond motifs is 2. The van der Waals surface area contributed by atoms with Crippen LogP contribution in [0.2, 0.25) is 0 Å². The average molecular weight is 1230 g/mol. The lowest BCUT2D eigenvalue weighted by Crippen LogP contribution is -2.37. The molecule has 4 saturated heterocycles. The van der Waals surface area contributed by atoms with Crippen LogP contribution in [0.25, 0.3) is 21.8 Å². The van der Waals surface area contributed by atoms with Gasteiger partial charge in [-0.2, -0.15) is 0 Å². The Labute approximate surface area is 525 Å². The van der Waals surface area contributed by atoms with Crippen molar-refractivity contribution in [3.8, 4) is 34.5 Å². The lowest BCUT2D eigenvalue weighted by molar-refractivity contribution is 0.0357. The highest BCUT2D eigenvalue weighted by atomic mass is 16.5. The molecule has 4 fully saturated rings. The Kier molecular flexibility index (Phi) is 24.7. The number of hydrogen-bond acceptors (Lipinski definition) is 21. The number of morpholine rings is 2. The number of ketones is 1. The molecule has 0 unspecified atom stereocenters. The van der Waals surface area contributed by atoms with Crippen molar-refractivity contribution in [1.29, 1.82) is 0 Å². The van der Waals surface area contributed by atoms with Crippen LogP contribution in [0.3, 0.4) is 0 Å². The summed E-state index contributed by atoms with van der Waals surface area (Å²) in [6, 6.07) is 25.4. The zero-order chi connectivity index (χ0) is 61.6. The topological polar surface area (TPSA) is 267 Å². The van der Waals surface area contributed by atoms with Crippen LogP contribution in [-0.2, 0) is 29.1 Å². The second-order valence-corrected chi connectivity index (χ2v) is 22.1. The lowest BCUT2D eigenvalue weighted by Gasteiger charge is -2.28. The molecule has 4 aliphatic rings. The largest absolute Gasteiger partial charge is 0.493 e. The number of piperidine rings is 2. The molecular weight excluding hydrogens is 1150 g/mol. The number of hydrogen-bond donors (Lipinski definition) is 4. The number of carbonyl (C=O) groups excluding carboxylic acids is 1. The number of aliphatic hydroxyl groups is 2. The Hall–Kier alpha value is -8.64. The van der Waals surface area contributed by atoms with Gasteiger partial charge in [0.05, 0.1) is 82.7 Å². The summed E-state index contributed by atoms with van der Waals surface area (Å²) in [6.45, 7) is 13.8. The molecule has 0 amide bonds. The molecule has 0 radical (unpaired) electrons. The molecule has 8 aromatic rings. The first-order valence-electron chi connectivity index (χ1n) is 30.8. The SMILES string of the molecule is C.Nc1ccc(Oc2ccnc3cc(OCCCN4CCOCC4)c(CO)cc23)cn1.O=C(Cc1ccc(Oc2ccnc3cc(OCCCN4CCOCC4)c(CO)cc23)cn1)c1cc(N2CCCCC2)ccn1.O=C(O)c1cc(N2CCCCC2)ccn1. The fraction of sp³-hybridized carbons (Fsp3) is 0.412. The Morgan fingerprint density at radius 3 is 1.43 bits per heavy atom. The van der Waals surface area contributed by atoms with Gasteiger partial charge < -0.3 is 59.3 Å².